The fraction of sp³-hybridized carbons (Fsp3) is 0.527. The number of benzene rings is 5. The zero-order chi connectivity index (χ0) is 66.6. The van der Waals surface area contributed by atoms with E-state index >= 15 is 0 Å². The second kappa shape index (κ2) is 28.9. The van der Waals surface area contributed by atoms with Crippen molar-refractivity contribution in [3.05, 3.63) is 155 Å². The summed E-state index contributed by atoms with van der Waals surface area (Å²) in [4.78, 5) is 71.6. The number of ether oxygens (including phenoxy) is 1. The maximum absolute atomic E-state index is 14.2. The second-order valence-corrected chi connectivity index (χ2v) is 28.3. The van der Waals surface area contributed by atoms with Gasteiger partial charge >= 0.3 is 18.2 Å². The normalized spacial score (nSPS) is 21.1. The molecule has 9 aliphatic heterocycles. The van der Waals surface area contributed by atoms with Gasteiger partial charge in [0.1, 0.15) is 11.6 Å². The van der Waals surface area contributed by atoms with E-state index < -0.39 is 0 Å². The Kier molecular flexibility index (Phi) is 20.0. The molecule has 3 spiro atoms. The van der Waals surface area contributed by atoms with Crippen LogP contribution in [-0.2, 0) is 32.3 Å². The minimum atomic E-state index is -0.241. The number of likely N-dealkylation sites (tertiary alicyclic amines) is 4. The Balaban J connectivity index is 0.000000148. The predicted octanol–water partition coefficient (Wildman–Crippen LogP) is 10.9. The molecule has 6 aromatic rings. The second-order valence-electron chi connectivity index (χ2n) is 28.3. The van der Waals surface area contributed by atoms with E-state index in [-0.39, 0.29) is 54.8 Å². The number of amides is 6. The van der Waals surface area contributed by atoms with Crippen molar-refractivity contribution >= 4 is 52.8 Å². The third-order valence-corrected chi connectivity index (χ3v) is 22.8. The van der Waals surface area contributed by atoms with E-state index in [0.29, 0.717) is 49.5 Å². The van der Waals surface area contributed by atoms with Crippen molar-refractivity contribution in [1.82, 2.24) is 50.4 Å². The minimum Gasteiger partial charge on any atom is -0.450 e. The van der Waals surface area contributed by atoms with Crippen LogP contribution in [0.4, 0.5) is 51.9 Å². The number of nitrogens with zero attached hydrogens (tertiary/aromatic N) is 13. The largest absolute Gasteiger partial charge is 0.450 e. The highest BCUT2D eigenvalue weighted by Crippen LogP contribution is 2.51. The van der Waals surface area contributed by atoms with Gasteiger partial charge in [-0.1, -0.05) is 84.0 Å². The van der Waals surface area contributed by atoms with E-state index in [1.54, 1.807) is 44.1 Å². The Morgan fingerprint density at radius 3 is 1.55 bits per heavy atom. The number of para-hydroxylation sites is 3. The third-order valence-electron chi connectivity index (χ3n) is 22.8. The van der Waals surface area contributed by atoms with Crippen LogP contribution in [0.25, 0.3) is 0 Å². The number of fused-ring (bicyclic) bond motifs is 6. The van der Waals surface area contributed by atoms with Gasteiger partial charge in [0, 0.05) is 141 Å². The molecule has 22 heteroatoms. The summed E-state index contributed by atoms with van der Waals surface area (Å²) in [6.45, 7) is 18.0. The van der Waals surface area contributed by atoms with Crippen LogP contribution in [0.3, 0.4) is 0 Å². The SMILES string of the molecule is CC(=O)N1CC2(CCN(C3CCN(c4nn[nH]n4)CC3)CC2)c2ccccc21.CCOC(=O)N1CCC(N2CCC3(CC2)CN(C(=O)NCc2ccccc2)c2ccccc23)CC1.CN(C)C(=O)N1CC2(CCN(C3CCN(c4ccccc4F)CC3)CC2)c2cc(F)ccc21.[HH].[HH]. The summed E-state index contributed by atoms with van der Waals surface area (Å²) in [5.74, 6) is 0.471. The van der Waals surface area contributed by atoms with Gasteiger partial charge in [-0.25, -0.2) is 23.2 Å². The number of H-pyrrole nitrogens is 1. The van der Waals surface area contributed by atoms with E-state index in [9.17, 15) is 28.0 Å². The topological polar surface area (TPSA) is 176 Å². The molecule has 514 valence electrons. The Morgan fingerprint density at radius 1 is 0.562 bits per heavy atom. The number of tetrazole rings is 1. The maximum atomic E-state index is 14.2. The summed E-state index contributed by atoms with van der Waals surface area (Å²) in [7, 11) is 3.51. The van der Waals surface area contributed by atoms with Crippen molar-refractivity contribution in [2.45, 2.75) is 132 Å². The lowest BCUT2D eigenvalue weighted by molar-refractivity contribution is -0.116. The zero-order valence-electron chi connectivity index (χ0n) is 56.4. The maximum Gasteiger partial charge on any atom is 0.409 e. The number of aromatic amines is 1. The molecule has 6 saturated heterocycles. The highest BCUT2D eigenvalue weighted by atomic mass is 19.1. The fourth-order valence-electron chi connectivity index (χ4n) is 17.4. The van der Waals surface area contributed by atoms with Crippen LogP contribution in [-0.4, -0.2) is 206 Å². The summed E-state index contributed by atoms with van der Waals surface area (Å²) in [5, 5.41) is 17.5. The van der Waals surface area contributed by atoms with Crippen molar-refractivity contribution in [1.29, 1.82) is 0 Å². The Morgan fingerprint density at radius 2 is 1.03 bits per heavy atom. The molecule has 0 radical (unpaired) electrons. The summed E-state index contributed by atoms with van der Waals surface area (Å²) in [6.07, 6.45) is 12.3. The molecular weight excluding hydrogens is 1220 g/mol. The van der Waals surface area contributed by atoms with Gasteiger partial charge in [0.05, 0.1) is 12.3 Å². The molecule has 9 aliphatic rings. The molecule has 2 N–H and O–H groups in total. The van der Waals surface area contributed by atoms with Crippen LogP contribution in [0.1, 0.15) is 116 Å². The van der Waals surface area contributed by atoms with Crippen LogP contribution in [0.15, 0.2) is 121 Å². The molecule has 15 rings (SSSR count). The number of hydrogen-bond acceptors (Lipinski definition) is 13. The number of nitrogens with one attached hydrogen (secondary N) is 2. The molecule has 0 unspecified atom stereocenters. The van der Waals surface area contributed by atoms with Crippen LogP contribution < -0.4 is 29.8 Å². The lowest BCUT2D eigenvalue weighted by atomic mass is 9.74. The van der Waals surface area contributed by atoms with Crippen molar-refractivity contribution in [2.75, 3.05) is 143 Å². The Bertz CT molecular complexity index is 3660. The smallest absolute Gasteiger partial charge is 0.409 e. The van der Waals surface area contributed by atoms with Crippen molar-refractivity contribution < 1.29 is 35.5 Å². The van der Waals surface area contributed by atoms with E-state index in [2.05, 4.69) is 86.8 Å². The van der Waals surface area contributed by atoms with E-state index in [1.807, 2.05) is 81.1 Å². The number of urea groups is 2. The average molecular weight is 1320 g/mol. The van der Waals surface area contributed by atoms with Crippen molar-refractivity contribution in [2.24, 2.45) is 0 Å². The molecule has 20 nitrogen and oxygen atoms in total. The highest BCUT2D eigenvalue weighted by Gasteiger charge is 2.50. The average Bonchev–Trinajstić information content (AvgIpc) is 1.60. The summed E-state index contributed by atoms with van der Waals surface area (Å²) >= 11 is 0. The van der Waals surface area contributed by atoms with Crippen molar-refractivity contribution in [3.63, 3.8) is 0 Å². The van der Waals surface area contributed by atoms with Crippen LogP contribution >= 0.6 is 0 Å². The lowest BCUT2D eigenvalue weighted by Crippen LogP contribution is -2.53. The lowest BCUT2D eigenvalue weighted by Gasteiger charge is -2.45. The quantitative estimate of drug-likeness (QED) is 0.147. The fourth-order valence-corrected chi connectivity index (χ4v) is 17.4. The molecule has 5 aromatic carbocycles. The van der Waals surface area contributed by atoms with Gasteiger partial charge in [-0.05, 0) is 193 Å². The van der Waals surface area contributed by atoms with Gasteiger partial charge in [0.25, 0.3) is 5.95 Å². The van der Waals surface area contributed by atoms with Gasteiger partial charge < -0.3 is 49.3 Å². The molecule has 0 atom stereocenters. The number of carbonyl (C=O) groups is 4. The first kappa shape index (κ1) is 66.4. The number of hydrogen-bond donors (Lipinski definition) is 2. The minimum absolute atomic E-state index is 0. The monoisotopic (exact) mass is 1320 g/mol. The number of halogens is 2. The van der Waals surface area contributed by atoms with Crippen LogP contribution in [0, 0.1) is 11.6 Å². The van der Waals surface area contributed by atoms with Crippen molar-refractivity contribution in [3.8, 4) is 0 Å². The van der Waals surface area contributed by atoms with Crippen LogP contribution in [0.5, 0.6) is 0 Å². The first-order chi connectivity index (χ1) is 46.6. The molecular formula is C74H99F2N15O5. The molecule has 0 aliphatic carbocycles. The molecule has 0 bridgehead atoms. The summed E-state index contributed by atoms with van der Waals surface area (Å²) < 4.78 is 33.5. The van der Waals surface area contributed by atoms with Gasteiger partial charge in [0.15, 0.2) is 0 Å². The zero-order valence-corrected chi connectivity index (χ0v) is 56.4. The molecule has 6 fully saturated rings. The third kappa shape index (κ3) is 13.8. The Hall–Kier alpha value is -8.21. The standard InChI is InChI=1S/C28H36N4O3.C26H32F2N4O.C20H27N7O.2H2/c1-2-35-27(34)31-16-12-23(13-17-31)30-18-14-28(15-19-30)21-32(25-11-7-6-10-24(25)28)26(33)29-20-22-8-4-3-5-9-22;1-29(2)25(33)32-18-26(21-17-19(27)7-8-23(21)32)11-15-30(16-12-26)20-9-13-31(14-10-20)24-6-4-3-5-22(24)28;1-15(28)27-14-20(17-4-2-3-5-18(17)27)8-12-25(13-9-20)16-6-10-26(11-7-16)19-21-23-24-22-19;;/h3-11,23H,2,12-21H2,1H3,(H,29,33);3-8,17,20H,9-16,18H2,1-2H3;2-5,16H,6-14H2,1H3,(H,21,22,23,24);2*1H. The van der Waals surface area contributed by atoms with E-state index in [4.69, 9.17) is 4.74 Å². The first-order valence-electron chi connectivity index (χ1n) is 35.1. The highest BCUT2D eigenvalue weighted by molar-refractivity contribution is 5.96. The molecule has 96 heavy (non-hydrogen) atoms. The predicted molar refractivity (Wildman–Crippen MR) is 374 cm³/mol. The summed E-state index contributed by atoms with van der Waals surface area (Å²) in [5.41, 5.74) is 8.44. The van der Waals surface area contributed by atoms with Crippen LogP contribution in [0.2, 0.25) is 0 Å². The van der Waals surface area contributed by atoms with Gasteiger partial charge in [-0.3, -0.25) is 14.6 Å². The molecule has 6 amide bonds. The Labute approximate surface area is 566 Å². The summed E-state index contributed by atoms with van der Waals surface area (Å²) in [6, 6.07) is 40.4. The number of carbonyl (C=O) groups excluding carboxylic acids is 4. The number of aromatic nitrogens is 4. The molecule has 1 aromatic heterocycles. The van der Waals surface area contributed by atoms with Gasteiger partial charge in [0.2, 0.25) is 5.91 Å². The van der Waals surface area contributed by atoms with Gasteiger partial charge in [-0.2, -0.15) is 5.21 Å². The molecule has 0 saturated carbocycles. The number of piperidine rings is 6. The van der Waals surface area contributed by atoms with E-state index in [0.717, 1.165) is 197 Å². The van der Waals surface area contributed by atoms with E-state index in [1.165, 1.54) is 23.3 Å². The first-order valence-corrected chi connectivity index (χ1v) is 35.1. The number of anilines is 5. The van der Waals surface area contributed by atoms with Gasteiger partial charge in [-0.15, -0.1) is 5.10 Å². The molecule has 10 heterocycles. The number of rotatable bonds is 8.